The molecule has 5 nitrogen and oxygen atoms in total. The molecule has 0 aliphatic heterocycles. The Labute approximate surface area is 162 Å². The number of nitrogens with one attached hydrogen (secondary N) is 1. The standard InChI is InChI=1S/C22H32N2O3/c1-17(2)27-21-11-9-20(10-12-21)24(18(3)25)16-14-22(26)23-15-13-19-7-5-4-6-8-19/h7,9-12,17H,4-6,8,13-16H2,1-3H3,(H,23,26). The fourth-order valence-corrected chi connectivity index (χ4v) is 3.24. The van der Waals surface area contributed by atoms with Crippen molar-refractivity contribution in [2.75, 3.05) is 18.0 Å². The number of carbonyl (C=O) groups is 2. The molecule has 0 heterocycles. The van der Waals surface area contributed by atoms with E-state index in [9.17, 15) is 9.59 Å². The Morgan fingerprint density at radius 1 is 1.19 bits per heavy atom. The average molecular weight is 373 g/mol. The van der Waals surface area contributed by atoms with E-state index in [1.54, 1.807) is 4.90 Å². The SMILES string of the molecule is CC(=O)N(CCC(=O)NCCC1=CCCCC1)c1ccc(OC(C)C)cc1. The number of amides is 2. The van der Waals surface area contributed by atoms with Crippen molar-refractivity contribution in [3.63, 3.8) is 0 Å². The first-order valence-corrected chi connectivity index (χ1v) is 9.95. The number of anilines is 1. The molecule has 1 aromatic rings. The predicted octanol–water partition coefficient (Wildman–Crippen LogP) is 4.22. The highest BCUT2D eigenvalue weighted by molar-refractivity contribution is 5.92. The zero-order chi connectivity index (χ0) is 19.6. The quantitative estimate of drug-likeness (QED) is 0.660. The molecule has 2 amide bonds. The van der Waals surface area contributed by atoms with Gasteiger partial charge in [0.15, 0.2) is 0 Å². The lowest BCUT2D eigenvalue weighted by atomic mass is 9.97. The number of nitrogens with zero attached hydrogens (tertiary/aromatic N) is 1. The van der Waals surface area contributed by atoms with E-state index in [0.717, 1.165) is 30.7 Å². The second-order valence-corrected chi connectivity index (χ2v) is 7.29. The summed E-state index contributed by atoms with van der Waals surface area (Å²) < 4.78 is 5.63. The molecule has 1 aliphatic rings. The highest BCUT2D eigenvalue weighted by Crippen LogP contribution is 2.21. The third-order valence-electron chi connectivity index (χ3n) is 4.62. The molecule has 1 aliphatic carbocycles. The summed E-state index contributed by atoms with van der Waals surface area (Å²) in [6, 6.07) is 7.41. The molecule has 27 heavy (non-hydrogen) atoms. The van der Waals surface area contributed by atoms with Crippen LogP contribution in [-0.4, -0.2) is 31.0 Å². The van der Waals surface area contributed by atoms with Gasteiger partial charge in [0.1, 0.15) is 5.75 Å². The molecule has 0 spiro atoms. The summed E-state index contributed by atoms with van der Waals surface area (Å²) in [5, 5.41) is 2.97. The van der Waals surface area contributed by atoms with Crippen LogP contribution in [0.3, 0.4) is 0 Å². The maximum absolute atomic E-state index is 12.1. The lowest BCUT2D eigenvalue weighted by Crippen LogP contribution is -2.34. The van der Waals surface area contributed by atoms with Gasteiger partial charge in [0.25, 0.3) is 0 Å². The summed E-state index contributed by atoms with van der Waals surface area (Å²) in [4.78, 5) is 25.8. The van der Waals surface area contributed by atoms with E-state index >= 15 is 0 Å². The number of hydrogen-bond donors (Lipinski definition) is 1. The lowest BCUT2D eigenvalue weighted by Gasteiger charge is -2.21. The monoisotopic (exact) mass is 372 g/mol. The topological polar surface area (TPSA) is 58.6 Å². The molecule has 0 aromatic heterocycles. The largest absolute Gasteiger partial charge is 0.491 e. The number of hydrogen-bond acceptors (Lipinski definition) is 3. The number of rotatable bonds is 9. The number of carbonyl (C=O) groups excluding carboxylic acids is 2. The van der Waals surface area contributed by atoms with E-state index in [-0.39, 0.29) is 17.9 Å². The minimum atomic E-state index is -0.0762. The van der Waals surface area contributed by atoms with E-state index in [1.807, 2.05) is 38.1 Å². The molecule has 0 saturated carbocycles. The van der Waals surface area contributed by atoms with E-state index in [4.69, 9.17) is 4.74 Å². The Morgan fingerprint density at radius 3 is 2.52 bits per heavy atom. The van der Waals surface area contributed by atoms with Crippen LogP contribution in [0.1, 0.15) is 59.3 Å². The Hall–Kier alpha value is -2.30. The third kappa shape index (κ3) is 7.45. The van der Waals surface area contributed by atoms with Crippen LogP contribution in [0.5, 0.6) is 5.75 Å². The molecule has 1 N–H and O–H groups in total. The van der Waals surface area contributed by atoms with Crippen LogP contribution >= 0.6 is 0 Å². The molecule has 0 saturated heterocycles. The minimum absolute atomic E-state index is 0.0163. The predicted molar refractivity (Wildman–Crippen MR) is 109 cm³/mol. The molecule has 0 fully saturated rings. The maximum atomic E-state index is 12.1. The Balaban J connectivity index is 1.80. The smallest absolute Gasteiger partial charge is 0.223 e. The van der Waals surface area contributed by atoms with Crippen LogP contribution < -0.4 is 15.0 Å². The first-order valence-electron chi connectivity index (χ1n) is 9.95. The van der Waals surface area contributed by atoms with E-state index in [0.29, 0.717) is 19.5 Å². The summed E-state index contributed by atoms with van der Waals surface area (Å²) in [5.41, 5.74) is 2.23. The first-order chi connectivity index (χ1) is 13.0. The molecule has 1 aromatic carbocycles. The van der Waals surface area contributed by atoms with Crippen LogP contribution in [0.2, 0.25) is 0 Å². The second-order valence-electron chi connectivity index (χ2n) is 7.29. The average Bonchev–Trinajstić information content (AvgIpc) is 2.63. The minimum Gasteiger partial charge on any atom is -0.491 e. The van der Waals surface area contributed by atoms with Crippen LogP contribution in [-0.2, 0) is 9.59 Å². The van der Waals surface area contributed by atoms with Crippen molar-refractivity contribution < 1.29 is 14.3 Å². The number of benzene rings is 1. The van der Waals surface area contributed by atoms with Gasteiger partial charge in [0.2, 0.25) is 11.8 Å². The highest BCUT2D eigenvalue weighted by atomic mass is 16.5. The summed E-state index contributed by atoms with van der Waals surface area (Å²) in [6.45, 7) is 6.50. The molecular weight excluding hydrogens is 340 g/mol. The van der Waals surface area contributed by atoms with Gasteiger partial charge in [-0.2, -0.15) is 0 Å². The zero-order valence-corrected chi connectivity index (χ0v) is 16.8. The van der Waals surface area contributed by atoms with Crippen LogP contribution in [0, 0.1) is 0 Å². The number of ether oxygens (including phenoxy) is 1. The molecule has 2 rings (SSSR count). The van der Waals surface area contributed by atoms with Gasteiger partial charge in [-0.25, -0.2) is 0 Å². The molecular formula is C22H32N2O3. The maximum Gasteiger partial charge on any atom is 0.223 e. The van der Waals surface area contributed by atoms with E-state index in [1.165, 1.54) is 25.3 Å². The normalized spacial score (nSPS) is 13.9. The van der Waals surface area contributed by atoms with Gasteiger partial charge in [0, 0.05) is 32.1 Å². The molecule has 0 unspecified atom stereocenters. The van der Waals surface area contributed by atoms with Crippen molar-refractivity contribution >= 4 is 17.5 Å². The van der Waals surface area contributed by atoms with Gasteiger partial charge in [0.05, 0.1) is 6.10 Å². The molecule has 0 radical (unpaired) electrons. The Bertz CT molecular complexity index is 650. The zero-order valence-electron chi connectivity index (χ0n) is 16.8. The number of allylic oxidation sites excluding steroid dienone is 1. The van der Waals surface area contributed by atoms with Gasteiger partial charge < -0.3 is 15.0 Å². The van der Waals surface area contributed by atoms with Gasteiger partial charge in [-0.3, -0.25) is 9.59 Å². The van der Waals surface area contributed by atoms with Gasteiger partial charge in [-0.1, -0.05) is 11.6 Å². The van der Waals surface area contributed by atoms with Gasteiger partial charge in [-0.15, -0.1) is 0 Å². The van der Waals surface area contributed by atoms with E-state index in [2.05, 4.69) is 11.4 Å². The fraction of sp³-hybridized carbons (Fsp3) is 0.545. The highest BCUT2D eigenvalue weighted by Gasteiger charge is 2.14. The summed E-state index contributed by atoms with van der Waals surface area (Å²) in [5.74, 6) is 0.678. The van der Waals surface area contributed by atoms with Crippen molar-refractivity contribution in [3.8, 4) is 5.75 Å². The second kappa shape index (κ2) is 10.8. The van der Waals surface area contributed by atoms with Crippen LogP contribution in [0.15, 0.2) is 35.9 Å². The van der Waals surface area contributed by atoms with Gasteiger partial charge in [-0.05, 0) is 70.2 Å². The summed E-state index contributed by atoms with van der Waals surface area (Å²) >= 11 is 0. The van der Waals surface area contributed by atoms with Crippen molar-refractivity contribution in [1.29, 1.82) is 0 Å². The lowest BCUT2D eigenvalue weighted by molar-refractivity contribution is -0.121. The summed E-state index contributed by atoms with van der Waals surface area (Å²) in [6.07, 6.45) is 8.49. The fourth-order valence-electron chi connectivity index (χ4n) is 3.24. The third-order valence-corrected chi connectivity index (χ3v) is 4.62. The molecule has 0 atom stereocenters. The van der Waals surface area contributed by atoms with Crippen molar-refractivity contribution in [1.82, 2.24) is 5.32 Å². The van der Waals surface area contributed by atoms with Crippen molar-refractivity contribution in [2.45, 2.75) is 65.4 Å². The van der Waals surface area contributed by atoms with E-state index < -0.39 is 0 Å². The summed E-state index contributed by atoms with van der Waals surface area (Å²) in [7, 11) is 0. The molecule has 148 valence electrons. The molecule has 5 heteroatoms. The van der Waals surface area contributed by atoms with Crippen molar-refractivity contribution in [3.05, 3.63) is 35.9 Å². The Kier molecular flexibility index (Phi) is 8.37. The first kappa shape index (κ1) is 21.0. The van der Waals surface area contributed by atoms with Crippen molar-refractivity contribution in [2.24, 2.45) is 0 Å². The van der Waals surface area contributed by atoms with Crippen LogP contribution in [0.4, 0.5) is 5.69 Å². The molecule has 0 bridgehead atoms. The Morgan fingerprint density at radius 2 is 1.93 bits per heavy atom. The van der Waals surface area contributed by atoms with Crippen LogP contribution in [0.25, 0.3) is 0 Å². The van der Waals surface area contributed by atoms with Gasteiger partial charge >= 0.3 is 0 Å².